The van der Waals surface area contributed by atoms with Gasteiger partial charge in [0.25, 0.3) is 0 Å². The van der Waals surface area contributed by atoms with E-state index in [-0.39, 0.29) is 5.75 Å². The molecule has 3 heterocycles. The van der Waals surface area contributed by atoms with Crippen LogP contribution < -0.4 is 4.90 Å². The van der Waals surface area contributed by atoms with Crippen LogP contribution in [0.15, 0.2) is 24.8 Å². The molecule has 1 saturated heterocycles. The van der Waals surface area contributed by atoms with Crippen LogP contribution in [0, 0.1) is 6.92 Å². The topological polar surface area (TPSA) is 84.2 Å². The Balaban J connectivity index is 1.76. The van der Waals surface area contributed by atoms with E-state index < -0.39 is 10.0 Å². The second-order valence-electron chi connectivity index (χ2n) is 5.37. The van der Waals surface area contributed by atoms with Crippen molar-refractivity contribution < 1.29 is 8.42 Å². The van der Waals surface area contributed by atoms with Gasteiger partial charge in [-0.25, -0.2) is 23.4 Å². The summed E-state index contributed by atoms with van der Waals surface area (Å²) in [5.41, 5.74) is 0. The summed E-state index contributed by atoms with van der Waals surface area (Å²) < 4.78 is 27.3. The van der Waals surface area contributed by atoms with Crippen LogP contribution in [-0.4, -0.2) is 64.2 Å². The van der Waals surface area contributed by atoms with Gasteiger partial charge >= 0.3 is 0 Å². The Bertz CT molecular complexity index is 780. The average Bonchev–Trinajstić information content (AvgIpc) is 3.01. The monoisotopic (exact) mass is 336 g/mol. The lowest BCUT2D eigenvalue weighted by molar-refractivity contribution is 0.384. The first-order valence-electron chi connectivity index (χ1n) is 7.56. The number of piperazine rings is 1. The van der Waals surface area contributed by atoms with Gasteiger partial charge in [-0.15, -0.1) is 0 Å². The number of hydrogen-bond acceptors (Lipinski definition) is 6. The predicted octanol–water partition coefficient (Wildman–Crippen LogP) is 0.442. The SMILES string of the molecule is CCS(=O)(=O)N1CCN(c2cc(-n3ccnc3C)ncn2)CC1. The van der Waals surface area contributed by atoms with Crippen LogP contribution in [-0.2, 0) is 10.0 Å². The summed E-state index contributed by atoms with van der Waals surface area (Å²) in [4.78, 5) is 14.9. The normalized spacial score (nSPS) is 16.7. The van der Waals surface area contributed by atoms with Gasteiger partial charge < -0.3 is 4.90 Å². The molecule has 0 unspecified atom stereocenters. The van der Waals surface area contributed by atoms with E-state index >= 15 is 0 Å². The van der Waals surface area contributed by atoms with Gasteiger partial charge in [0, 0.05) is 44.6 Å². The van der Waals surface area contributed by atoms with Crippen LogP contribution in [0.4, 0.5) is 5.82 Å². The van der Waals surface area contributed by atoms with Crippen LogP contribution in [0.5, 0.6) is 0 Å². The number of hydrogen-bond donors (Lipinski definition) is 0. The number of aromatic nitrogens is 4. The van der Waals surface area contributed by atoms with E-state index in [1.807, 2.05) is 23.8 Å². The van der Waals surface area contributed by atoms with Gasteiger partial charge in [0.05, 0.1) is 5.75 Å². The largest absolute Gasteiger partial charge is 0.354 e. The second kappa shape index (κ2) is 6.25. The zero-order valence-corrected chi connectivity index (χ0v) is 14.1. The number of rotatable bonds is 4. The zero-order chi connectivity index (χ0) is 16.4. The molecule has 0 radical (unpaired) electrons. The Morgan fingerprint density at radius 3 is 2.39 bits per heavy atom. The first-order chi connectivity index (χ1) is 11.0. The minimum atomic E-state index is -3.11. The van der Waals surface area contributed by atoms with E-state index in [1.54, 1.807) is 17.4 Å². The van der Waals surface area contributed by atoms with Crippen LogP contribution in [0.1, 0.15) is 12.7 Å². The number of imidazole rings is 1. The lowest BCUT2D eigenvalue weighted by atomic mass is 10.3. The summed E-state index contributed by atoms with van der Waals surface area (Å²) in [6.45, 7) is 5.80. The van der Waals surface area contributed by atoms with E-state index in [1.165, 1.54) is 6.33 Å². The Morgan fingerprint density at radius 1 is 1.09 bits per heavy atom. The summed E-state index contributed by atoms with van der Waals surface area (Å²) in [6, 6.07) is 1.90. The van der Waals surface area contributed by atoms with E-state index in [2.05, 4.69) is 19.9 Å². The van der Waals surface area contributed by atoms with Crippen molar-refractivity contribution in [1.82, 2.24) is 23.8 Å². The van der Waals surface area contributed by atoms with E-state index in [9.17, 15) is 8.42 Å². The average molecular weight is 336 g/mol. The zero-order valence-electron chi connectivity index (χ0n) is 13.3. The fourth-order valence-electron chi connectivity index (χ4n) is 2.64. The molecule has 0 atom stereocenters. The Morgan fingerprint density at radius 2 is 1.78 bits per heavy atom. The molecule has 1 aliphatic rings. The molecule has 0 aromatic carbocycles. The summed E-state index contributed by atoms with van der Waals surface area (Å²) in [7, 11) is -3.11. The predicted molar refractivity (Wildman–Crippen MR) is 87.1 cm³/mol. The highest BCUT2D eigenvalue weighted by atomic mass is 32.2. The highest BCUT2D eigenvalue weighted by Gasteiger charge is 2.26. The molecule has 1 aliphatic heterocycles. The Labute approximate surface area is 135 Å². The molecule has 3 rings (SSSR count). The van der Waals surface area contributed by atoms with Crippen molar-refractivity contribution in [2.24, 2.45) is 0 Å². The molecule has 2 aromatic heterocycles. The highest BCUT2D eigenvalue weighted by molar-refractivity contribution is 7.89. The van der Waals surface area contributed by atoms with Crippen molar-refractivity contribution in [3.63, 3.8) is 0 Å². The molecule has 124 valence electrons. The number of sulfonamides is 1. The number of anilines is 1. The molecule has 0 N–H and O–H groups in total. The van der Waals surface area contributed by atoms with Gasteiger partial charge in [-0.3, -0.25) is 4.57 Å². The lowest BCUT2D eigenvalue weighted by Crippen LogP contribution is -2.49. The van der Waals surface area contributed by atoms with Crippen LogP contribution in [0.2, 0.25) is 0 Å². The van der Waals surface area contributed by atoms with Crippen molar-refractivity contribution in [3.8, 4) is 5.82 Å². The molecular weight excluding hydrogens is 316 g/mol. The molecule has 8 nitrogen and oxygen atoms in total. The third-order valence-electron chi connectivity index (χ3n) is 4.03. The standard InChI is InChI=1S/C14H20N6O2S/c1-3-23(21,22)19-8-6-18(7-9-19)13-10-14(17-11-16-13)20-5-4-15-12(20)2/h4-5,10-11H,3,6-9H2,1-2H3. The van der Waals surface area contributed by atoms with Crippen LogP contribution in [0.25, 0.3) is 5.82 Å². The van der Waals surface area contributed by atoms with Gasteiger partial charge in [0.15, 0.2) is 0 Å². The smallest absolute Gasteiger partial charge is 0.213 e. The van der Waals surface area contributed by atoms with Crippen molar-refractivity contribution in [2.45, 2.75) is 13.8 Å². The second-order valence-corrected chi connectivity index (χ2v) is 7.62. The van der Waals surface area contributed by atoms with E-state index in [0.717, 1.165) is 17.5 Å². The van der Waals surface area contributed by atoms with E-state index in [4.69, 9.17) is 0 Å². The molecule has 0 bridgehead atoms. The number of nitrogens with zero attached hydrogens (tertiary/aromatic N) is 6. The summed E-state index contributed by atoms with van der Waals surface area (Å²) >= 11 is 0. The third-order valence-corrected chi connectivity index (χ3v) is 5.91. The van der Waals surface area contributed by atoms with Gasteiger partial charge in [-0.2, -0.15) is 4.31 Å². The molecule has 9 heteroatoms. The molecule has 1 fully saturated rings. The van der Waals surface area contributed by atoms with Crippen molar-refractivity contribution in [1.29, 1.82) is 0 Å². The maximum atomic E-state index is 11.9. The van der Waals surface area contributed by atoms with E-state index in [0.29, 0.717) is 26.2 Å². The molecule has 23 heavy (non-hydrogen) atoms. The maximum Gasteiger partial charge on any atom is 0.213 e. The van der Waals surface area contributed by atoms with Gasteiger partial charge in [-0.05, 0) is 13.8 Å². The molecule has 0 aliphatic carbocycles. The molecule has 0 saturated carbocycles. The fourth-order valence-corrected chi connectivity index (χ4v) is 3.72. The lowest BCUT2D eigenvalue weighted by Gasteiger charge is -2.34. The maximum absolute atomic E-state index is 11.9. The highest BCUT2D eigenvalue weighted by Crippen LogP contribution is 2.18. The summed E-state index contributed by atoms with van der Waals surface area (Å²) in [6.07, 6.45) is 5.11. The molecule has 0 amide bonds. The quantitative estimate of drug-likeness (QED) is 0.806. The van der Waals surface area contributed by atoms with Crippen molar-refractivity contribution >= 4 is 15.8 Å². The third kappa shape index (κ3) is 3.20. The first-order valence-corrected chi connectivity index (χ1v) is 9.17. The minimum Gasteiger partial charge on any atom is -0.354 e. The fraction of sp³-hybridized carbons (Fsp3) is 0.500. The molecule has 0 spiro atoms. The Kier molecular flexibility index (Phi) is 4.31. The molecule has 2 aromatic rings. The van der Waals surface area contributed by atoms with Crippen molar-refractivity contribution in [3.05, 3.63) is 30.6 Å². The van der Waals surface area contributed by atoms with Crippen LogP contribution >= 0.6 is 0 Å². The van der Waals surface area contributed by atoms with Crippen LogP contribution in [0.3, 0.4) is 0 Å². The Hall–Kier alpha value is -2.00. The van der Waals surface area contributed by atoms with Gasteiger partial charge in [-0.1, -0.05) is 0 Å². The number of aryl methyl sites for hydroxylation is 1. The first kappa shape index (κ1) is 15.9. The van der Waals surface area contributed by atoms with Gasteiger partial charge in [0.1, 0.15) is 23.8 Å². The summed E-state index contributed by atoms with van der Waals surface area (Å²) in [5, 5.41) is 0. The summed E-state index contributed by atoms with van der Waals surface area (Å²) in [5.74, 6) is 2.56. The minimum absolute atomic E-state index is 0.143. The van der Waals surface area contributed by atoms with Crippen molar-refractivity contribution in [2.75, 3.05) is 36.8 Å². The molecular formula is C14H20N6O2S. The van der Waals surface area contributed by atoms with Gasteiger partial charge in [0.2, 0.25) is 10.0 Å².